The number of amides is 1. The summed E-state index contributed by atoms with van der Waals surface area (Å²) in [6, 6.07) is 7.54. The highest BCUT2D eigenvalue weighted by Crippen LogP contribution is 2.31. The summed E-state index contributed by atoms with van der Waals surface area (Å²) in [5.41, 5.74) is 1.32. The van der Waals surface area contributed by atoms with Crippen molar-refractivity contribution in [2.24, 2.45) is 0 Å². The Hall–Kier alpha value is -3.54. The van der Waals surface area contributed by atoms with Gasteiger partial charge in [0, 0.05) is 0 Å². The van der Waals surface area contributed by atoms with E-state index in [1.165, 1.54) is 41.8 Å². The number of benzene rings is 1. The molecule has 0 atom stereocenters. The van der Waals surface area contributed by atoms with E-state index in [0.717, 1.165) is 12.8 Å². The van der Waals surface area contributed by atoms with Crippen LogP contribution >= 0.6 is 11.8 Å². The minimum atomic E-state index is -0.269. The number of fused-ring (bicyclic) bond motifs is 1. The van der Waals surface area contributed by atoms with E-state index in [0.29, 0.717) is 33.6 Å². The Kier molecular flexibility index (Phi) is 5.20. The number of anilines is 1. The third kappa shape index (κ3) is 3.81. The van der Waals surface area contributed by atoms with Crippen molar-refractivity contribution in [3.8, 4) is 5.69 Å². The zero-order chi connectivity index (χ0) is 21.2. The summed E-state index contributed by atoms with van der Waals surface area (Å²) >= 11 is 1.31. The summed E-state index contributed by atoms with van der Waals surface area (Å²) in [6.07, 6.45) is 7.26. The van der Waals surface area contributed by atoms with E-state index in [9.17, 15) is 9.59 Å². The average Bonchev–Trinajstić information content (AvgIpc) is 3.53. The zero-order valence-corrected chi connectivity index (χ0v) is 17.2. The Morgan fingerprint density at radius 3 is 2.97 bits per heavy atom. The van der Waals surface area contributed by atoms with Gasteiger partial charge in [-0.1, -0.05) is 36.7 Å². The van der Waals surface area contributed by atoms with E-state index < -0.39 is 0 Å². The fourth-order valence-electron chi connectivity index (χ4n) is 3.77. The van der Waals surface area contributed by atoms with E-state index in [1.807, 2.05) is 16.8 Å². The van der Waals surface area contributed by atoms with Crippen LogP contribution in [0, 0.1) is 0 Å². The van der Waals surface area contributed by atoms with Gasteiger partial charge in [-0.25, -0.2) is 14.3 Å². The number of hydrogen-bond donors (Lipinski definition) is 2. The smallest absolute Gasteiger partial charge is 0.261 e. The molecule has 3 aromatic heterocycles. The number of thioether (sulfide) groups is 1. The van der Waals surface area contributed by atoms with Crippen molar-refractivity contribution in [1.29, 1.82) is 0 Å². The first-order valence-electron chi connectivity index (χ1n) is 9.92. The summed E-state index contributed by atoms with van der Waals surface area (Å²) in [5.74, 6) is -0.0279. The lowest BCUT2D eigenvalue weighted by molar-refractivity contribution is -0.113. The van der Waals surface area contributed by atoms with Gasteiger partial charge < -0.3 is 10.3 Å². The Bertz CT molecular complexity index is 1290. The van der Waals surface area contributed by atoms with E-state index in [2.05, 4.69) is 35.9 Å². The number of aromatic amines is 1. The van der Waals surface area contributed by atoms with Crippen molar-refractivity contribution >= 4 is 34.4 Å². The van der Waals surface area contributed by atoms with E-state index in [-0.39, 0.29) is 17.2 Å². The number of nitrogens with one attached hydrogen (secondary N) is 2. The van der Waals surface area contributed by atoms with Crippen LogP contribution in [0.4, 0.5) is 5.69 Å². The molecule has 0 aliphatic heterocycles. The third-order valence-electron chi connectivity index (χ3n) is 5.24. The Labute approximate surface area is 180 Å². The molecular weight excluding hydrogens is 418 g/mol. The summed E-state index contributed by atoms with van der Waals surface area (Å²) in [7, 11) is 0. The summed E-state index contributed by atoms with van der Waals surface area (Å²) in [4.78, 5) is 31.4. The molecule has 0 saturated heterocycles. The number of aromatic nitrogens is 8. The molecule has 1 aliphatic carbocycles. The lowest BCUT2D eigenvalue weighted by atomic mass is 10.2. The molecular formula is C19H19N9O2S. The number of tetrazole rings is 1. The van der Waals surface area contributed by atoms with Crippen molar-refractivity contribution in [1.82, 2.24) is 40.0 Å². The highest BCUT2D eigenvalue weighted by Gasteiger charge is 2.22. The SMILES string of the molecule is O=C(CSc1nnnn1C1CCCC1)Nc1ccccc1-n1ncc2c(=O)[nH]cnc21. The molecule has 1 aliphatic rings. The molecule has 1 fully saturated rings. The molecule has 0 radical (unpaired) electrons. The van der Waals surface area contributed by atoms with Crippen LogP contribution in [0.1, 0.15) is 31.7 Å². The van der Waals surface area contributed by atoms with Gasteiger partial charge in [0.25, 0.3) is 5.56 Å². The quantitative estimate of drug-likeness (QED) is 0.437. The van der Waals surface area contributed by atoms with Crippen LogP contribution in [-0.4, -0.2) is 51.6 Å². The Morgan fingerprint density at radius 1 is 1.26 bits per heavy atom. The Morgan fingerprint density at radius 2 is 2.10 bits per heavy atom. The molecule has 12 heteroatoms. The maximum Gasteiger partial charge on any atom is 0.261 e. The highest BCUT2D eigenvalue weighted by atomic mass is 32.2. The second kappa shape index (κ2) is 8.30. The number of nitrogens with zero attached hydrogens (tertiary/aromatic N) is 7. The maximum atomic E-state index is 12.7. The molecule has 3 heterocycles. The van der Waals surface area contributed by atoms with Crippen molar-refractivity contribution in [2.45, 2.75) is 36.9 Å². The van der Waals surface area contributed by atoms with Gasteiger partial charge in [-0.3, -0.25) is 9.59 Å². The van der Waals surface area contributed by atoms with Crippen LogP contribution in [0.3, 0.4) is 0 Å². The second-order valence-electron chi connectivity index (χ2n) is 7.22. The third-order valence-corrected chi connectivity index (χ3v) is 6.18. The lowest BCUT2D eigenvalue weighted by Gasteiger charge is -2.12. The maximum absolute atomic E-state index is 12.7. The number of carbonyl (C=O) groups is 1. The predicted molar refractivity (Wildman–Crippen MR) is 114 cm³/mol. The summed E-state index contributed by atoms with van der Waals surface area (Å²) < 4.78 is 3.37. The molecule has 4 aromatic rings. The molecule has 0 unspecified atom stereocenters. The van der Waals surface area contributed by atoms with Crippen LogP contribution in [0.5, 0.6) is 0 Å². The monoisotopic (exact) mass is 437 g/mol. The van der Waals surface area contributed by atoms with Gasteiger partial charge in [0.1, 0.15) is 5.39 Å². The normalized spacial score (nSPS) is 14.3. The van der Waals surface area contributed by atoms with E-state index in [1.54, 1.807) is 12.1 Å². The molecule has 158 valence electrons. The van der Waals surface area contributed by atoms with Crippen molar-refractivity contribution in [3.05, 3.63) is 47.1 Å². The topological polar surface area (TPSA) is 136 Å². The highest BCUT2D eigenvalue weighted by molar-refractivity contribution is 7.99. The van der Waals surface area contributed by atoms with Crippen LogP contribution in [0.25, 0.3) is 16.7 Å². The number of H-pyrrole nitrogens is 1. The van der Waals surface area contributed by atoms with Gasteiger partial charge in [0.15, 0.2) is 5.65 Å². The molecule has 31 heavy (non-hydrogen) atoms. The van der Waals surface area contributed by atoms with Crippen LogP contribution in [-0.2, 0) is 4.79 Å². The van der Waals surface area contributed by atoms with Gasteiger partial charge in [0.05, 0.1) is 35.7 Å². The molecule has 5 rings (SSSR count). The van der Waals surface area contributed by atoms with Gasteiger partial charge in [-0.05, 0) is 35.4 Å². The Balaban J connectivity index is 1.33. The molecule has 1 amide bonds. The first kappa shape index (κ1) is 19.4. The summed E-state index contributed by atoms with van der Waals surface area (Å²) in [6.45, 7) is 0. The lowest BCUT2D eigenvalue weighted by Crippen LogP contribution is -2.17. The van der Waals surface area contributed by atoms with Crippen molar-refractivity contribution in [2.75, 3.05) is 11.1 Å². The first-order valence-corrected chi connectivity index (χ1v) is 10.9. The molecule has 1 saturated carbocycles. The number of rotatable bonds is 6. The predicted octanol–water partition coefficient (Wildman–Crippen LogP) is 1.94. The van der Waals surface area contributed by atoms with Gasteiger partial charge >= 0.3 is 0 Å². The largest absolute Gasteiger partial charge is 0.323 e. The van der Waals surface area contributed by atoms with E-state index >= 15 is 0 Å². The van der Waals surface area contributed by atoms with Crippen molar-refractivity contribution in [3.63, 3.8) is 0 Å². The average molecular weight is 437 g/mol. The van der Waals surface area contributed by atoms with Gasteiger partial charge in [-0.15, -0.1) is 5.10 Å². The molecule has 11 nitrogen and oxygen atoms in total. The fraction of sp³-hybridized carbons (Fsp3) is 0.316. The molecule has 2 N–H and O–H groups in total. The minimum Gasteiger partial charge on any atom is -0.323 e. The van der Waals surface area contributed by atoms with Gasteiger partial charge in [-0.2, -0.15) is 5.10 Å². The minimum absolute atomic E-state index is 0.166. The number of para-hydroxylation sites is 2. The molecule has 1 aromatic carbocycles. The summed E-state index contributed by atoms with van der Waals surface area (Å²) in [5, 5.41) is 20.2. The van der Waals surface area contributed by atoms with Crippen molar-refractivity contribution < 1.29 is 4.79 Å². The van der Waals surface area contributed by atoms with E-state index in [4.69, 9.17) is 0 Å². The second-order valence-corrected chi connectivity index (χ2v) is 8.17. The van der Waals surface area contributed by atoms with Gasteiger partial charge in [0.2, 0.25) is 11.1 Å². The number of carbonyl (C=O) groups excluding carboxylic acids is 1. The van der Waals surface area contributed by atoms with Crippen LogP contribution < -0.4 is 10.9 Å². The van der Waals surface area contributed by atoms with Crippen LogP contribution in [0.2, 0.25) is 0 Å². The first-order chi connectivity index (χ1) is 15.2. The number of hydrogen-bond acceptors (Lipinski definition) is 8. The molecule has 0 bridgehead atoms. The van der Waals surface area contributed by atoms with Crippen LogP contribution in [0.15, 0.2) is 46.7 Å². The molecule has 0 spiro atoms. The zero-order valence-electron chi connectivity index (χ0n) is 16.4. The standard InChI is InChI=1S/C19H19N9O2S/c29-16(10-31-19-24-25-26-27(19)12-5-1-2-6-12)23-14-7-3-4-8-15(14)28-17-13(9-22-28)18(30)21-11-20-17/h3-4,7-9,11-12H,1-2,5-6,10H2,(H,23,29)(H,20,21,30). The fourth-order valence-corrected chi connectivity index (χ4v) is 4.52.